The minimum absolute atomic E-state index is 0.722. The summed E-state index contributed by atoms with van der Waals surface area (Å²) in [7, 11) is 0. The molecule has 0 aliphatic carbocycles. The maximum Gasteiger partial charge on any atom is 0.208 e. The van der Waals surface area contributed by atoms with Gasteiger partial charge in [0.05, 0.1) is 10.0 Å². The lowest BCUT2D eigenvalue weighted by molar-refractivity contribution is 0.984. The van der Waals surface area contributed by atoms with Gasteiger partial charge in [0.15, 0.2) is 0 Å². The average molecular weight is 260 g/mol. The van der Waals surface area contributed by atoms with Crippen LogP contribution < -0.4 is 10.6 Å². The fraction of sp³-hybridized carbons (Fsp3) is 0.222. The van der Waals surface area contributed by atoms with Gasteiger partial charge in [0.25, 0.3) is 0 Å². The highest BCUT2D eigenvalue weighted by molar-refractivity contribution is 8.00. The van der Waals surface area contributed by atoms with Crippen LogP contribution in [0.1, 0.15) is 6.92 Å². The molecule has 0 fully saturated rings. The highest BCUT2D eigenvalue weighted by Crippen LogP contribution is 2.41. The van der Waals surface area contributed by atoms with Crippen LogP contribution in [0.15, 0.2) is 26.8 Å². The van der Waals surface area contributed by atoms with Crippen molar-refractivity contribution in [1.82, 2.24) is 5.32 Å². The quantitative estimate of drug-likeness (QED) is 0.632. The molecule has 0 radical (unpaired) electrons. The summed E-state index contributed by atoms with van der Waals surface area (Å²) in [6.07, 6.45) is 0. The van der Waals surface area contributed by atoms with E-state index in [4.69, 9.17) is 11.6 Å². The topological polar surface area (TPSA) is 36.4 Å². The number of nitrogens with zero attached hydrogens (tertiary/aromatic N) is 1. The Labute approximate surface area is 102 Å². The van der Waals surface area contributed by atoms with E-state index in [2.05, 4.69) is 21.6 Å². The molecule has 2 N–H and O–H groups in total. The summed E-state index contributed by atoms with van der Waals surface area (Å²) >= 11 is 8.87. The molecule has 0 bridgehead atoms. The second-order valence-electron chi connectivity index (χ2n) is 3.22. The minimum Gasteiger partial charge on any atom is -0.352 e. The summed E-state index contributed by atoms with van der Waals surface area (Å²) in [4.78, 5) is 0. The number of thiophene rings is 1. The maximum atomic E-state index is 5.91. The van der Waals surface area contributed by atoms with Gasteiger partial charge in [0.2, 0.25) is 5.96 Å². The van der Waals surface area contributed by atoms with Crippen LogP contribution in [-0.2, 0) is 0 Å². The normalized spacial score (nSPS) is 13.9. The summed E-state index contributed by atoms with van der Waals surface area (Å²) in [5.41, 5.74) is 2.09. The van der Waals surface area contributed by atoms with Gasteiger partial charge in [0.1, 0.15) is 4.21 Å². The summed E-state index contributed by atoms with van der Waals surface area (Å²) in [6.45, 7) is 6.51. The fourth-order valence-electron chi connectivity index (χ4n) is 1.05. The van der Waals surface area contributed by atoms with Crippen molar-refractivity contribution in [2.45, 2.75) is 11.1 Å². The highest BCUT2D eigenvalue weighted by Gasteiger charge is 2.15. The van der Waals surface area contributed by atoms with E-state index in [9.17, 15) is 0 Å². The van der Waals surface area contributed by atoms with Gasteiger partial charge in [-0.3, -0.25) is 0 Å². The monoisotopic (exact) mass is 259 g/mol. The minimum atomic E-state index is 0.722. The van der Waals surface area contributed by atoms with Gasteiger partial charge in [-0.05, 0) is 13.0 Å². The lowest BCUT2D eigenvalue weighted by atomic mass is 10.3. The van der Waals surface area contributed by atoms with Crippen LogP contribution in [0.3, 0.4) is 0 Å². The molecule has 2 heterocycles. The van der Waals surface area contributed by atoms with Crippen molar-refractivity contribution in [2.24, 2.45) is 4.40 Å². The van der Waals surface area contributed by atoms with Gasteiger partial charge in [-0.1, -0.05) is 23.8 Å². The summed E-state index contributed by atoms with van der Waals surface area (Å²) in [5, 5.41) is 6.33. The van der Waals surface area contributed by atoms with Crippen LogP contribution in [0, 0.1) is 0 Å². The first-order chi connectivity index (χ1) is 7.15. The van der Waals surface area contributed by atoms with Gasteiger partial charge >= 0.3 is 0 Å². The van der Waals surface area contributed by atoms with Crippen molar-refractivity contribution >= 4 is 46.5 Å². The van der Waals surface area contributed by atoms with Crippen LogP contribution >= 0.6 is 34.9 Å². The molecule has 1 aromatic heterocycles. The lowest BCUT2D eigenvalue weighted by Crippen LogP contribution is -2.32. The van der Waals surface area contributed by atoms with E-state index in [0.29, 0.717) is 0 Å². The molecule has 1 aromatic rings. The number of halogens is 1. The lowest BCUT2D eigenvalue weighted by Gasteiger charge is -2.15. The first kappa shape index (κ1) is 10.9. The molecule has 0 saturated carbocycles. The molecular weight excluding hydrogens is 250 g/mol. The van der Waals surface area contributed by atoms with Crippen LogP contribution in [0.4, 0.5) is 5.69 Å². The van der Waals surface area contributed by atoms with Crippen molar-refractivity contribution in [3.05, 3.63) is 22.6 Å². The zero-order chi connectivity index (χ0) is 10.8. The Hall–Kier alpha value is -0.650. The van der Waals surface area contributed by atoms with E-state index in [-0.39, 0.29) is 0 Å². The third-order valence-electron chi connectivity index (χ3n) is 1.70. The third kappa shape index (κ3) is 2.68. The fourth-order valence-corrected chi connectivity index (χ4v) is 3.12. The van der Waals surface area contributed by atoms with Crippen molar-refractivity contribution < 1.29 is 0 Å². The Morgan fingerprint density at radius 2 is 2.53 bits per heavy atom. The molecule has 3 nitrogen and oxygen atoms in total. The number of hydrogen-bond donors (Lipinski definition) is 2. The van der Waals surface area contributed by atoms with Crippen LogP contribution in [-0.4, -0.2) is 12.5 Å². The Morgan fingerprint density at radius 3 is 3.27 bits per heavy atom. The molecular formula is C9H10ClN3S2. The predicted octanol–water partition coefficient (Wildman–Crippen LogP) is 3.36. The Bertz CT molecular complexity index is 425. The molecule has 15 heavy (non-hydrogen) atoms. The first-order valence-corrected chi connectivity index (χ1v) is 6.31. The van der Waals surface area contributed by atoms with Crippen molar-refractivity contribution in [3.8, 4) is 0 Å². The molecule has 0 saturated heterocycles. The van der Waals surface area contributed by atoms with Gasteiger partial charge in [-0.25, -0.2) is 0 Å². The van der Waals surface area contributed by atoms with Crippen LogP contribution in [0.25, 0.3) is 0 Å². The number of fused-ring (bicyclic) bond motifs is 1. The number of guanidine groups is 1. The molecule has 6 heteroatoms. The second-order valence-corrected chi connectivity index (χ2v) is 5.93. The number of nitrogens with one attached hydrogen (secondary N) is 2. The van der Waals surface area contributed by atoms with Gasteiger partial charge < -0.3 is 10.6 Å². The highest BCUT2D eigenvalue weighted by atomic mass is 35.5. The van der Waals surface area contributed by atoms with Gasteiger partial charge in [0, 0.05) is 18.5 Å². The van der Waals surface area contributed by atoms with Crippen molar-refractivity contribution in [2.75, 3.05) is 11.9 Å². The molecule has 0 atom stereocenters. The Kier molecular flexibility index (Phi) is 3.23. The SMILES string of the molecule is C=C(C)CNC1=NSc2sc(Cl)cc2N1. The van der Waals surface area contributed by atoms with Crippen molar-refractivity contribution in [3.63, 3.8) is 0 Å². The predicted molar refractivity (Wildman–Crippen MR) is 69.1 cm³/mol. The van der Waals surface area contributed by atoms with E-state index >= 15 is 0 Å². The van der Waals surface area contributed by atoms with E-state index in [1.165, 1.54) is 23.3 Å². The second kappa shape index (κ2) is 4.47. The van der Waals surface area contributed by atoms with E-state index < -0.39 is 0 Å². The summed E-state index contributed by atoms with van der Waals surface area (Å²) in [5.74, 6) is 0.755. The van der Waals surface area contributed by atoms with Gasteiger partial charge in [-0.15, -0.1) is 11.3 Å². The molecule has 2 rings (SSSR count). The first-order valence-electron chi connectivity index (χ1n) is 4.35. The zero-order valence-corrected chi connectivity index (χ0v) is 10.5. The van der Waals surface area contributed by atoms with Gasteiger partial charge in [-0.2, -0.15) is 4.40 Å². The van der Waals surface area contributed by atoms with Crippen LogP contribution in [0.2, 0.25) is 4.34 Å². The molecule has 0 amide bonds. The third-order valence-corrected chi connectivity index (χ3v) is 3.89. The Balaban J connectivity index is 2.02. The maximum absolute atomic E-state index is 5.91. The summed E-state index contributed by atoms with van der Waals surface area (Å²) < 4.78 is 6.15. The smallest absolute Gasteiger partial charge is 0.208 e. The average Bonchev–Trinajstić information content (AvgIpc) is 2.53. The molecule has 0 aromatic carbocycles. The van der Waals surface area contributed by atoms with Crippen molar-refractivity contribution in [1.29, 1.82) is 0 Å². The van der Waals surface area contributed by atoms with E-state index in [0.717, 1.165) is 32.3 Å². The van der Waals surface area contributed by atoms with Crippen LogP contribution in [0.5, 0.6) is 0 Å². The van der Waals surface area contributed by atoms with E-state index in [1.807, 2.05) is 13.0 Å². The zero-order valence-electron chi connectivity index (χ0n) is 8.13. The number of hydrogen-bond acceptors (Lipinski definition) is 5. The number of anilines is 1. The largest absolute Gasteiger partial charge is 0.352 e. The number of rotatable bonds is 2. The molecule has 1 aliphatic heterocycles. The summed E-state index contributed by atoms with van der Waals surface area (Å²) in [6, 6.07) is 1.91. The molecule has 0 spiro atoms. The standard InChI is InChI=1S/C9H10ClN3S2/c1-5(2)4-11-9-12-6-3-7(10)14-8(6)15-13-9/h3H,1,4H2,2H3,(H2,11,12,13). The molecule has 0 unspecified atom stereocenters. The Morgan fingerprint density at radius 1 is 1.73 bits per heavy atom. The molecule has 80 valence electrons. The molecule has 1 aliphatic rings. The van der Waals surface area contributed by atoms with E-state index in [1.54, 1.807) is 0 Å².